The predicted molar refractivity (Wildman–Crippen MR) is 52.9 cm³/mol. The minimum atomic E-state index is -0.363. The molecule has 2 N–H and O–H groups in total. The van der Waals surface area contributed by atoms with Crippen molar-refractivity contribution in [1.29, 1.82) is 0 Å². The number of carbonyl (C=O) groups excluding carboxylic acids is 2. The molecule has 0 aliphatic carbocycles. The van der Waals surface area contributed by atoms with E-state index in [2.05, 4.69) is 0 Å². The van der Waals surface area contributed by atoms with E-state index in [9.17, 15) is 9.59 Å². The van der Waals surface area contributed by atoms with Crippen molar-refractivity contribution in [2.45, 2.75) is 25.3 Å². The van der Waals surface area contributed by atoms with E-state index >= 15 is 0 Å². The second-order valence-corrected chi connectivity index (χ2v) is 4.19. The summed E-state index contributed by atoms with van der Waals surface area (Å²) in [6, 6.07) is 0.246. The number of nitrogens with zero attached hydrogens (tertiary/aromatic N) is 1. The van der Waals surface area contributed by atoms with Gasteiger partial charge in [0.15, 0.2) is 0 Å². The van der Waals surface area contributed by atoms with E-state index in [0.29, 0.717) is 19.8 Å². The summed E-state index contributed by atoms with van der Waals surface area (Å²) in [6.07, 6.45) is 2.03. The molecule has 0 saturated carbocycles. The van der Waals surface area contributed by atoms with Gasteiger partial charge in [-0.25, -0.2) is 0 Å². The largest absolute Gasteiger partial charge is 0.381 e. The minimum absolute atomic E-state index is 0.0608. The standard InChI is InChI=1S/C10H16N2O3/c11-10(14)7-5-9(13)12(6-7)8-1-3-15-4-2-8/h7-8H,1-6H2,(H2,11,14)/t7-/m0/s1. The highest BCUT2D eigenvalue weighted by Gasteiger charge is 2.37. The maximum atomic E-state index is 11.7. The molecule has 0 spiro atoms. The van der Waals surface area contributed by atoms with Gasteiger partial charge in [-0.05, 0) is 12.8 Å². The van der Waals surface area contributed by atoms with Crippen LogP contribution < -0.4 is 5.73 Å². The number of amides is 2. The van der Waals surface area contributed by atoms with Crippen LogP contribution in [0.2, 0.25) is 0 Å². The molecule has 2 amide bonds. The lowest BCUT2D eigenvalue weighted by atomic mass is 10.1. The summed E-state index contributed by atoms with van der Waals surface area (Å²) < 4.78 is 5.24. The number of nitrogens with two attached hydrogens (primary N) is 1. The number of likely N-dealkylation sites (tertiary alicyclic amines) is 1. The highest BCUT2D eigenvalue weighted by atomic mass is 16.5. The Kier molecular flexibility index (Phi) is 2.90. The summed E-state index contributed by atoms with van der Waals surface area (Å²) in [5.41, 5.74) is 5.21. The summed E-state index contributed by atoms with van der Waals surface area (Å²) in [5.74, 6) is -0.594. The smallest absolute Gasteiger partial charge is 0.223 e. The van der Waals surface area contributed by atoms with E-state index < -0.39 is 0 Å². The topological polar surface area (TPSA) is 72.6 Å². The molecule has 0 aromatic rings. The van der Waals surface area contributed by atoms with Crippen LogP contribution in [0.15, 0.2) is 0 Å². The first-order valence-corrected chi connectivity index (χ1v) is 5.35. The quantitative estimate of drug-likeness (QED) is 0.670. The van der Waals surface area contributed by atoms with Crippen molar-refractivity contribution < 1.29 is 14.3 Å². The first-order chi connectivity index (χ1) is 7.18. The molecule has 0 radical (unpaired) electrons. The lowest BCUT2D eigenvalue weighted by Crippen LogP contribution is -2.41. The third kappa shape index (κ3) is 2.12. The van der Waals surface area contributed by atoms with E-state index in [4.69, 9.17) is 10.5 Å². The molecule has 5 nitrogen and oxygen atoms in total. The third-order valence-electron chi connectivity index (χ3n) is 3.19. The zero-order valence-electron chi connectivity index (χ0n) is 8.65. The van der Waals surface area contributed by atoms with Crippen molar-refractivity contribution in [2.75, 3.05) is 19.8 Å². The van der Waals surface area contributed by atoms with Crippen molar-refractivity contribution in [3.63, 3.8) is 0 Å². The van der Waals surface area contributed by atoms with Crippen LogP contribution in [0, 0.1) is 5.92 Å². The molecule has 2 saturated heterocycles. The fourth-order valence-electron chi connectivity index (χ4n) is 2.27. The van der Waals surface area contributed by atoms with E-state index in [1.165, 1.54) is 0 Å². The molecule has 0 unspecified atom stereocenters. The minimum Gasteiger partial charge on any atom is -0.381 e. The highest BCUT2D eigenvalue weighted by molar-refractivity contribution is 5.88. The zero-order valence-corrected chi connectivity index (χ0v) is 8.65. The molecule has 1 atom stereocenters. The van der Waals surface area contributed by atoms with Crippen LogP contribution in [0.25, 0.3) is 0 Å². The van der Waals surface area contributed by atoms with Crippen LogP contribution in [0.1, 0.15) is 19.3 Å². The fourth-order valence-corrected chi connectivity index (χ4v) is 2.27. The fraction of sp³-hybridized carbons (Fsp3) is 0.800. The highest BCUT2D eigenvalue weighted by Crippen LogP contribution is 2.24. The number of hydrogen-bond acceptors (Lipinski definition) is 3. The molecule has 2 aliphatic rings. The molecule has 2 heterocycles. The molecular formula is C10H16N2O3. The molecule has 2 rings (SSSR count). The van der Waals surface area contributed by atoms with E-state index in [1.807, 2.05) is 0 Å². The lowest BCUT2D eigenvalue weighted by molar-refractivity contribution is -0.131. The van der Waals surface area contributed by atoms with Crippen LogP contribution in [-0.2, 0) is 14.3 Å². The van der Waals surface area contributed by atoms with Crippen LogP contribution >= 0.6 is 0 Å². The summed E-state index contributed by atoms with van der Waals surface area (Å²) in [4.78, 5) is 24.5. The molecule has 84 valence electrons. The summed E-state index contributed by atoms with van der Waals surface area (Å²) in [7, 11) is 0. The Morgan fingerprint density at radius 1 is 1.40 bits per heavy atom. The van der Waals surface area contributed by atoms with Crippen LogP contribution in [0.4, 0.5) is 0 Å². The maximum absolute atomic E-state index is 11.7. The Labute approximate surface area is 88.5 Å². The first kappa shape index (κ1) is 10.4. The van der Waals surface area contributed by atoms with Crippen molar-refractivity contribution in [3.05, 3.63) is 0 Å². The van der Waals surface area contributed by atoms with Gasteiger partial charge in [0, 0.05) is 32.2 Å². The Morgan fingerprint density at radius 3 is 2.60 bits per heavy atom. The van der Waals surface area contributed by atoms with Gasteiger partial charge in [-0.15, -0.1) is 0 Å². The van der Waals surface area contributed by atoms with Crippen LogP contribution in [0.3, 0.4) is 0 Å². The lowest BCUT2D eigenvalue weighted by Gasteiger charge is -2.31. The van der Waals surface area contributed by atoms with Gasteiger partial charge in [0.05, 0.1) is 5.92 Å². The molecule has 15 heavy (non-hydrogen) atoms. The average molecular weight is 212 g/mol. The second kappa shape index (κ2) is 4.18. The van der Waals surface area contributed by atoms with E-state index in [1.54, 1.807) is 4.90 Å². The Morgan fingerprint density at radius 2 is 2.07 bits per heavy atom. The third-order valence-corrected chi connectivity index (χ3v) is 3.19. The van der Waals surface area contributed by atoms with Gasteiger partial charge in [0.2, 0.25) is 11.8 Å². The van der Waals surface area contributed by atoms with Crippen LogP contribution in [-0.4, -0.2) is 42.5 Å². The van der Waals surface area contributed by atoms with Crippen molar-refractivity contribution >= 4 is 11.8 Å². The number of hydrogen-bond donors (Lipinski definition) is 1. The van der Waals surface area contributed by atoms with Gasteiger partial charge < -0.3 is 15.4 Å². The monoisotopic (exact) mass is 212 g/mol. The normalized spacial score (nSPS) is 28.4. The molecule has 2 fully saturated rings. The van der Waals surface area contributed by atoms with E-state index in [-0.39, 0.29) is 30.2 Å². The summed E-state index contributed by atoms with van der Waals surface area (Å²) >= 11 is 0. The van der Waals surface area contributed by atoms with Crippen LogP contribution in [0.5, 0.6) is 0 Å². The van der Waals surface area contributed by atoms with Gasteiger partial charge in [-0.2, -0.15) is 0 Å². The number of carbonyl (C=O) groups is 2. The Bertz CT molecular complexity index is 274. The summed E-state index contributed by atoms with van der Waals surface area (Å²) in [5, 5.41) is 0. The molecule has 5 heteroatoms. The van der Waals surface area contributed by atoms with Gasteiger partial charge in [0.25, 0.3) is 0 Å². The average Bonchev–Trinajstić information content (AvgIpc) is 2.62. The Balaban J connectivity index is 1.97. The van der Waals surface area contributed by atoms with Crippen molar-refractivity contribution in [1.82, 2.24) is 4.90 Å². The summed E-state index contributed by atoms with van der Waals surface area (Å²) in [6.45, 7) is 1.91. The molecule has 0 aromatic carbocycles. The van der Waals surface area contributed by atoms with Gasteiger partial charge >= 0.3 is 0 Å². The molecule has 2 aliphatic heterocycles. The first-order valence-electron chi connectivity index (χ1n) is 5.35. The van der Waals surface area contributed by atoms with Crippen molar-refractivity contribution in [3.8, 4) is 0 Å². The number of primary amides is 1. The Hall–Kier alpha value is -1.10. The second-order valence-electron chi connectivity index (χ2n) is 4.19. The zero-order chi connectivity index (χ0) is 10.8. The molecule has 0 aromatic heterocycles. The van der Waals surface area contributed by atoms with Gasteiger partial charge in [-0.3, -0.25) is 9.59 Å². The maximum Gasteiger partial charge on any atom is 0.223 e. The van der Waals surface area contributed by atoms with E-state index in [0.717, 1.165) is 12.8 Å². The SMILES string of the molecule is NC(=O)[C@H]1CC(=O)N(C2CCOCC2)C1. The predicted octanol–water partition coefficient (Wildman–Crippen LogP) is -0.501. The molecule has 0 bridgehead atoms. The number of rotatable bonds is 2. The van der Waals surface area contributed by atoms with Gasteiger partial charge in [-0.1, -0.05) is 0 Å². The molecular weight excluding hydrogens is 196 g/mol. The number of ether oxygens (including phenoxy) is 1. The van der Waals surface area contributed by atoms with Crippen molar-refractivity contribution in [2.24, 2.45) is 11.7 Å². The van der Waals surface area contributed by atoms with Gasteiger partial charge in [0.1, 0.15) is 0 Å².